The first-order valence-corrected chi connectivity index (χ1v) is 25.9. The number of hydrogen-bond acceptors (Lipinski definition) is 8. The lowest BCUT2D eigenvalue weighted by Crippen LogP contribution is -2.24. The van der Waals surface area contributed by atoms with Crippen molar-refractivity contribution in [3.05, 3.63) is 170 Å². The Balaban J connectivity index is 0.000000223. The summed E-state index contributed by atoms with van der Waals surface area (Å²) >= 11 is 12.3. The fourth-order valence-corrected chi connectivity index (χ4v) is 8.92. The molecule has 11 heteroatoms. The maximum atomic E-state index is 13.1. The summed E-state index contributed by atoms with van der Waals surface area (Å²) in [6, 6.07) is 38.5. The maximum absolute atomic E-state index is 13.1. The molecule has 0 bridgehead atoms. The molecule has 2 aromatic heterocycles. The largest absolute Gasteiger partial charge is 0.507 e. The average Bonchev–Trinajstić information content (AvgIpc) is 3.36. The van der Waals surface area contributed by atoms with Crippen LogP contribution in [0.15, 0.2) is 121 Å². The van der Waals surface area contributed by atoms with E-state index in [1.165, 1.54) is 62.5 Å². The third kappa shape index (κ3) is 14.2. The monoisotopic (exact) mass is 997 g/mol. The summed E-state index contributed by atoms with van der Waals surface area (Å²) in [7, 11) is 0. The van der Waals surface area contributed by atoms with Gasteiger partial charge in [-0.3, -0.25) is 4.79 Å². The first kappa shape index (κ1) is 53.0. The normalized spacial score (nSPS) is 11.0. The van der Waals surface area contributed by atoms with E-state index in [9.17, 15) is 9.90 Å². The second kappa shape index (κ2) is 25.5. The summed E-state index contributed by atoms with van der Waals surface area (Å²) in [6.45, 7) is 15.1. The lowest BCUT2D eigenvalue weighted by Gasteiger charge is -2.14. The van der Waals surface area contributed by atoms with Gasteiger partial charge in [-0.05, 0) is 143 Å². The summed E-state index contributed by atoms with van der Waals surface area (Å²) in [5, 5.41) is 24.1. The molecule has 9 nitrogen and oxygen atoms in total. The highest BCUT2D eigenvalue weighted by Crippen LogP contribution is 2.37. The van der Waals surface area contributed by atoms with Gasteiger partial charge in [0.1, 0.15) is 17.1 Å². The van der Waals surface area contributed by atoms with Crippen molar-refractivity contribution in [3.8, 4) is 73.8 Å². The Labute approximate surface area is 435 Å². The van der Waals surface area contributed by atoms with Crippen LogP contribution in [0.4, 0.5) is 0 Å². The van der Waals surface area contributed by atoms with Gasteiger partial charge in [-0.25, -0.2) is 19.9 Å². The Morgan fingerprint density at radius 2 is 0.958 bits per heavy atom. The molecule has 0 radical (unpaired) electrons. The molecule has 2 N–H and O–H groups in total. The number of phenolic OH excluding ortho intramolecular Hbond substituents is 1. The van der Waals surface area contributed by atoms with Crippen molar-refractivity contribution in [1.29, 1.82) is 0 Å². The lowest BCUT2D eigenvalue weighted by atomic mass is 9.98. The van der Waals surface area contributed by atoms with Crippen molar-refractivity contribution in [2.45, 2.75) is 113 Å². The van der Waals surface area contributed by atoms with Crippen molar-refractivity contribution >= 4 is 29.1 Å². The molecule has 370 valence electrons. The van der Waals surface area contributed by atoms with Crippen LogP contribution in [0, 0.1) is 41.5 Å². The number of halogens is 2. The number of rotatable bonds is 18. The number of aryl methyl sites for hydroxylation is 6. The molecule has 0 spiro atoms. The van der Waals surface area contributed by atoms with Crippen LogP contribution in [0.3, 0.4) is 0 Å². The molecule has 1 amide bonds. The van der Waals surface area contributed by atoms with Gasteiger partial charge in [0.25, 0.3) is 5.91 Å². The van der Waals surface area contributed by atoms with E-state index in [1.54, 1.807) is 6.07 Å². The Kier molecular flexibility index (Phi) is 18.8. The molecule has 0 saturated heterocycles. The Morgan fingerprint density at radius 3 is 1.50 bits per heavy atom. The number of hydrogen-bond donors (Lipinski definition) is 2. The number of unbranched alkanes of at least 4 members (excludes halogenated alkanes) is 9. The third-order valence-corrected chi connectivity index (χ3v) is 13.3. The second-order valence-electron chi connectivity index (χ2n) is 18.8. The molecule has 0 saturated carbocycles. The smallest absolute Gasteiger partial charge is 0.251 e. The number of aromatic nitrogens is 6. The number of amides is 1. The number of benzene rings is 6. The van der Waals surface area contributed by atoms with Crippen LogP contribution in [0.2, 0.25) is 10.0 Å². The second-order valence-corrected chi connectivity index (χ2v) is 19.7. The molecule has 0 fully saturated rings. The molecule has 72 heavy (non-hydrogen) atoms. The van der Waals surface area contributed by atoms with Crippen LogP contribution in [0.5, 0.6) is 5.75 Å². The van der Waals surface area contributed by atoms with Gasteiger partial charge in [0.2, 0.25) is 0 Å². The number of phenols is 1. The molecular formula is C61H65Cl2N7O2. The topological polar surface area (TPSA) is 127 Å². The number of nitrogens with zero attached hydrogens (tertiary/aromatic N) is 6. The van der Waals surface area contributed by atoms with E-state index >= 15 is 0 Å². The summed E-state index contributed by atoms with van der Waals surface area (Å²) in [6.07, 6.45) is 12.7. The zero-order chi connectivity index (χ0) is 51.1. The fraction of sp³-hybridized carbons (Fsp3) is 0.295. The van der Waals surface area contributed by atoms with Crippen LogP contribution in [0.25, 0.3) is 68.1 Å². The SMILES string of the molecule is CCCCCCCCCCCCNC(=O)c1ccc(C)c(-c2nc(-c3ccc(Cl)cc3)nc(-c3ccc(Cl)cc3)n2)c1.Cc1ccc(-c2nnc(-c3ccc(C)cc3C)c(-c3ccc(C)cc3O)n2)c(C)c1. The molecule has 6 aromatic carbocycles. The standard InChI is InChI=1S/C35H40Cl2N4O.C26H25N3O/c1-3-4-5-6-7-8-9-10-11-12-23-38-35(42)28-14-13-25(2)31(24-28)34-40-32(26-15-19-29(36)20-16-26)39-33(41-34)27-17-21-30(37)22-18-27;1-15-6-9-20(18(4)12-15)25-24(22-11-8-17(3)14-23(22)30)27-26(29-28-25)21-10-7-16(2)13-19(21)5/h13-22,24H,3-12,23H2,1-2H3,(H,38,42);6-14,30H,1-5H3. The first-order valence-electron chi connectivity index (χ1n) is 25.1. The van der Waals surface area contributed by atoms with Gasteiger partial charge in [-0.2, -0.15) is 0 Å². The van der Waals surface area contributed by atoms with Crippen molar-refractivity contribution in [2.24, 2.45) is 0 Å². The molecule has 2 heterocycles. The summed E-state index contributed by atoms with van der Waals surface area (Å²) in [5.41, 5.74) is 13.4. The fourth-order valence-electron chi connectivity index (χ4n) is 8.67. The quantitative estimate of drug-likeness (QED) is 0.0814. The maximum Gasteiger partial charge on any atom is 0.251 e. The third-order valence-electron chi connectivity index (χ3n) is 12.8. The number of carbonyl (C=O) groups excluding carboxylic acids is 1. The molecule has 0 aliphatic heterocycles. The van der Waals surface area contributed by atoms with Gasteiger partial charge in [0.05, 0.1) is 0 Å². The minimum atomic E-state index is -0.0860. The van der Waals surface area contributed by atoms with Crippen molar-refractivity contribution in [3.63, 3.8) is 0 Å². The minimum Gasteiger partial charge on any atom is -0.507 e. The van der Waals surface area contributed by atoms with Gasteiger partial charge in [-0.15, -0.1) is 10.2 Å². The highest BCUT2D eigenvalue weighted by Gasteiger charge is 2.20. The Hall–Kier alpha value is -6.81. The highest BCUT2D eigenvalue weighted by atomic mass is 35.5. The minimum absolute atomic E-state index is 0.0860. The van der Waals surface area contributed by atoms with Crippen molar-refractivity contribution in [2.75, 3.05) is 6.54 Å². The zero-order valence-corrected chi connectivity index (χ0v) is 44.1. The van der Waals surface area contributed by atoms with Gasteiger partial charge in [0.15, 0.2) is 23.3 Å². The van der Waals surface area contributed by atoms with E-state index in [0.717, 1.165) is 62.9 Å². The molecule has 8 rings (SSSR count). The first-order chi connectivity index (χ1) is 34.8. The average molecular weight is 999 g/mol. The number of carbonyl (C=O) groups is 1. The van der Waals surface area contributed by atoms with Crippen LogP contribution in [-0.2, 0) is 0 Å². The van der Waals surface area contributed by atoms with E-state index in [4.69, 9.17) is 43.1 Å². The Morgan fingerprint density at radius 1 is 0.458 bits per heavy atom. The molecular weight excluding hydrogens is 934 g/mol. The number of nitrogens with one attached hydrogen (secondary N) is 1. The zero-order valence-electron chi connectivity index (χ0n) is 42.6. The van der Waals surface area contributed by atoms with E-state index in [-0.39, 0.29) is 11.7 Å². The predicted molar refractivity (Wildman–Crippen MR) is 297 cm³/mol. The lowest BCUT2D eigenvalue weighted by molar-refractivity contribution is 0.0953. The van der Waals surface area contributed by atoms with Crippen molar-refractivity contribution in [1.82, 2.24) is 35.5 Å². The predicted octanol–water partition coefficient (Wildman–Crippen LogP) is 16.3. The highest BCUT2D eigenvalue weighted by molar-refractivity contribution is 6.31. The number of aromatic hydroxyl groups is 1. The van der Waals surface area contributed by atoms with Gasteiger partial charge < -0.3 is 10.4 Å². The van der Waals surface area contributed by atoms with Crippen LogP contribution < -0.4 is 5.32 Å². The van der Waals surface area contributed by atoms with Crippen LogP contribution in [-0.4, -0.2) is 47.7 Å². The summed E-state index contributed by atoms with van der Waals surface area (Å²) < 4.78 is 0. The molecule has 8 aromatic rings. The van der Waals surface area contributed by atoms with E-state index in [0.29, 0.717) is 62.4 Å². The molecule has 0 unspecified atom stereocenters. The Bertz CT molecular complexity index is 3060. The van der Waals surface area contributed by atoms with E-state index in [1.807, 2.05) is 118 Å². The molecule has 0 aliphatic carbocycles. The molecule has 0 aliphatic rings. The summed E-state index contributed by atoms with van der Waals surface area (Å²) in [5.74, 6) is 2.21. The molecule has 0 atom stereocenters. The van der Waals surface area contributed by atoms with Crippen LogP contribution >= 0.6 is 23.2 Å². The summed E-state index contributed by atoms with van der Waals surface area (Å²) in [4.78, 5) is 32.3. The van der Waals surface area contributed by atoms with Gasteiger partial charge >= 0.3 is 0 Å². The van der Waals surface area contributed by atoms with Gasteiger partial charge in [-0.1, -0.05) is 148 Å². The van der Waals surface area contributed by atoms with Crippen molar-refractivity contribution < 1.29 is 9.90 Å². The van der Waals surface area contributed by atoms with Gasteiger partial charge in [0, 0.05) is 55.5 Å². The van der Waals surface area contributed by atoms with E-state index in [2.05, 4.69) is 61.4 Å². The van der Waals surface area contributed by atoms with E-state index < -0.39 is 0 Å². The van der Waals surface area contributed by atoms with Crippen LogP contribution in [0.1, 0.15) is 115 Å².